The normalized spacial score (nSPS) is 19.6. The van der Waals surface area contributed by atoms with Crippen molar-refractivity contribution in [1.29, 1.82) is 0 Å². The van der Waals surface area contributed by atoms with E-state index in [-0.39, 0.29) is 0 Å². The molecule has 2 aromatic heterocycles. The van der Waals surface area contributed by atoms with Gasteiger partial charge in [0.1, 0.15) is 11.6 Å². The molecule has 8 nitrogen and oxygen atoms in total. The van der Waals surface area contributed by atoms with Crippen LogP contribution in [0.1, 0.15) is 25.7 Å². The Bertz CT molecular complexity index is 1050. The van der Waals surface area contributed by atoms with E-state index in [0.29, 0.717) is 18.3 Å². The van der Waals surface area contributed by atoms with Crippen LogP contribution >= 0.6 is 0 Å². The first-order valence-corrected chi connectivity index (χ1v) is 11.8. The van der Waals surface area contributed by atoms with E-state index in [2.05, 4.69) is 54.9 Å². The number of anilines is 2. The largest absolute Gasteiger partial charge is 0.497 e. The third-order valence-corrected chi connectivity index (χ3v) is 6.60. The third-order valence-electron chi connectivity index (χ3n) is 6.60. The molecule has 174 valence electrons. The van der Waals surface area contributed by atoms with Crippen LogP contribution in [0.4, 0.5) is 11.5 Å². The molecule has 2 aliphatic heterocycles. The molecule has 0 N–H and O–H groups in total. The minimum Gasteiger partial charge on any atom is -0.497 e. The van der Waals surface area contributed by atoms with Gasteiger partial charge in [0.2, 0.25) is 11.7 Å². The van der Waals surface area contributed by atoms with Crippen molar-refractivity contribution in [2.75, 3.05) is 56.2 Å². The summed E-state index contributed by atoms with van der Waals surface area (Å²) >= 11 is 0. The zero-order valence-electron chi connectivity index (χ0n) is 19.5. The number of benzene rings is 1. The molecular formula is C25H32N6O2. The SMILES string of the molecule is COc1cccc(N2CCN(Cc3nc(-c4ccc(N5CCC[C@@H](C)C5)nc4)no3)CC2)c1. The molecule has 4 heterocycles. The number of hydrogen-bond acceptors (Lipinski definition) is 8. The van der Waals surface area contributed by atoms with Crippen molar-refractivity contribution in [3.05, 3.63) is 48.5 Å². The number of aromatic nitrogens is 3. The molecule has 5 rings (SSSR count). The van der Waals surface area contributed by atoms with Crippen LogP contribution in [0.15, 0.2) is 47.1 Å². The van der Waals surface area contributed by atoms with Gasteiger partial charge in [0.05, 0.1) is 13.7 Å². The minimum atomic E-state index is 0.603. The van der Waals surface area contributed by atoms with E-state index >= 15 is 0 Å². The second-order valence-corrected chi connectivity index (χ2v) is 9.07. The number of rotatable bonds is 6. The summed E-state index contributed by atoms with van der Waals surface area (Å²) in [4.78, 5) is 16.4. The molecule has 3 aromatic rings. The van der Waals surface area contributed by atoms with E-state index in [0.717, 1.165) is 62.3 Å². The highest BCUT2D eigenvalue weighted by atomic mass is 16.5. The molecule has 0 bridgehead atoms. The molecule has 33 heavy (non-hydrogen) atoms. The van der Waals surface area contributed by atoms with Crippen LogP contribution in [-0.2, 0) is 6.54 Å². The number of piperidine rings is 1. The lowest BCUT2D eigenvalue weighted by molar-refractivity contribution is 0.215. The maximum Gasteiger partial charge on any atom is 0.241 e. The Labute approximate surface area is 195 Å². The van der Waals surface area contributed by atoms with E-state index in [1.54, 1.807) is 7.11 Å². The van der Waals surface area contributed by atoms with E-state index in [1.165, 1.54) is 18.5 Å². The highest BCUT2D eigenvalue weighted by molar-refractivity contribution is 5.56. The Morgan fingerprint density at radius 3 is 2.70 bits per heavy atom. The number of piperazine rings is 1. The van der Waals surface area contributed by atoms with Gasteiger partial charge >= 0.3 is 0 Å². The lowest BCUT2D eigenvalue weighted by atomic mass is 10.0. The lowest BCUT2D eigenvalue weighted by Gasteiger charge is -2.35. The van der Waals surface area contributed by atoms with Crippen LogP contribution in [0, 0.1) is 5.92 Å². The van der Waals surface area contributed by atoms with Gasteiger partial charge < -0.3 is 19.1 Å². The summed E-state index contributed by atoms with van der Waals surface area (Å²) in [5.74, 6) is 3.89. The van der Waals surface area contributed by atoms with Crippen LogP contribution in [0.25, 0.3) is 11.4 Å². The van der Waals surface area contributed by atoms with Crippen LogP contribution in [-0.4, -0.2) is 66.4 Å². The molecule has 1 aromatic carbocycles. The smallest absolute Gasteiger partial charge is 0.241 e. The zero-order chi connectivity index (χ0) is 22.6. The van der Waals surface area contributed by atoms with Gasteiger partial charge in [-0.2, -0.15) is 4.98 Å². The summed E-state index contributed by atoms with van der Waals surface area (Å²) in [6.45, 7) is 8.91. The number of methoxy groups -OCH3 is 1. The Morgan fingerprint density at radius 1 is 1.06 bits per heavy atom. The summed E-state index contributed by atoms with van der Waals surface area (Å²) in [5.41, 5.74) is 2.09. The topological polar surface area (TPSA) is 70.8 Å². The van der Waals surface area contributed by atoms with Crippen LogP contribution in [0.2, 0.25) is 0 Å². The van der Waals surface area contributed by atoms with Gasteiger partial charge in [0, 0.05) is 62.8 Å². The van der Waals surface area contributed by atoms with Crippen molar-refractivity contribution >= 4 is 11.5 Å². The Morgan fingerprint density at radius 2 is 1.94 bits per heavy atom. The van der Waals surface area contributed by atoms with E-state index in [9.17, 15) is 0 Å². The predicted molar refractivity (Wildman–Crippen MR) is 129 cm³/mol. The summed E-state index contributed by atoms with van der Waals surface area (Å²) in [5, 5.41) is 4.20. The fourth-order valence-electron chi connectivity index (χ4n) is 4.70. The molecule has 2 aliphatic rings. The van der Waals surface area contributed by atoms with Crippen molar-refractivity contribution < 1.29 is 9.26 Å². The van der Waals surface area contributed by atoms with Gasteiger partial charge in [-0.3, -0.25) is 4.90 Å². The third kappa shape index (κ3) is 5.11. The van der Waals surface area contributed by atoms with Gasteiger partial charge in [-0.15, -0.1) is 0 Å². The van der Waals surface area contributed by atoms with Gasteiger partial charge in [0.25, 0.3) is 0 Å². The summed E-state index contributed by atoms with van der Waals surface area (Å²) < 4.78 is 10.9. The summed E-state index contributed by atoms with van der Waals surface area (Å²) in [6, 6.07) is 12.3. The van der Waals surface area contributed by atoms with E-state index < -0.39 is 0 Å². The summed E-state index contributed by atoms with van der Waals surface area (Å²) in [7, 11) is 1.70. The Kier molecular flexibility index (Phi) is 6.44. The average Bonchev–Trinajstić information content (AvgIpc) is 3.33. The molecule has 0 saturated carbocycles. The quantitative estimate of drug-likeness (QED) is 0.565. The van der Waals surface area contributed by atoms with Gasteiger partial charge in [-0.25, -0.2) is 4.98 Å². The second-order valence-electron chi connectivity index (χ2n) is 9.07. The van der Waals surface area contributed by atoms with Crippen molar-refractivity contribution in [3.8, 4) is 17.1 Å². The molecule has 8 heteroatoms. The first-order valence-electron chi connectivity index (χ1n) is 11.8. The van der Waals surface area contributed by atoms with E-state index in [1.807, 2.05) is 24.4 Å². The molecule has 1 atom stereocenters. The summed E-state index contributed by atoms with van der Waals surface area (Å²) in [6.07, 6.45) is 4.39. The highest BCUT2D eigenvalue weighted by Gasteiger charge is 2.21. The van der Waals surface area contributed by atoms with Gasteiger partial charge in [0.15, 0.2) is 0 Å². The van der Waals surface area contributed by atoms with Crippen LogP contribution in [0.3, 0.4) is 0 Å². The average molecular weight is 449 g/mol. The standard InChI is InChI=1S/C25H32N6O2/c1-19-5-4-10-31(17-19)23-9-8-20(16-26-23)25-27-24(33-28-25)18-29-11-13-30(14-12-29)21-6-3-7-22(15-21)32-2/h3,6-9,15-16,19H,4-5,10-14,17-18H2,1-2H3/t19-/m1/s1. The number of nitrogens with zero attached hydrogens (tertiary/aromatic N) is 6. The first-order chi connectivity index (χ1) is 16.2. The van der Waals surface area contributed by atoms with Crippen LogP contribution in [0.5, 0.6) is 5.75 Å². The fraction of sp³-hybridized carbons (Fsp3) is 0.480. The number of hydrogen-bond donors (Lipinski definition) is 0. The Hall–Kier alpha value is -3.13. The van der Waals surface area contributed by atoms with Gasteiger partial charge in [-0.05, 0) is 43.0 Å². The number of ether oxygens (including phenoxy) is 1. The molecule has 0 unspecified atom stereocenters. The monoisotopic (exact) mass is 448 g/mol. The fourth-order valence-corrected chi connectivity index (χ4v) is 4.70. The lowest BCUT2D eigenvalue weighted by Crippen LogP contribution is -2.46. The van der Waals surface area contributed by atoms with Crippen molar-refractivity contribution in [3.63, 3.8) is 0 Å². The highest BCUT2D eigenvalue weighted by Crippen LogP contribution is 2.25. The molecule has 2 fully saturated rings. The maximum absolute atomic E-state index is 5.55. The minimum absolute atomic E-state index is 0.603. The first kappa shape index (κ1) is 21.7. The molecular weight excluding hydrogens is 416 g/mol. The van der Waals surface area contributed by atoms with Crippen LogP contribution < -0.4 is 14.5 Å². The van der Waals surface area contributed by atoms with Crippen molar-refractivity contribution in [2.24, 2.45) is 5.92 Å². The maximum atomic E-state index is 5.55. The van der Waals surface area contributed by atoms with Crippen molar-refractivity contribution in [1.82, 2.24) is 20.0 Å². The molecule has 0 radical (unpaired) electrons. The molecule has 2 saturated heterocycles. The van der Waals surface area contributed by atoms with E-state index in [4.69, 9.17) is 9.26 Å². The Balaban J connectivity index is 1.16. The zero-order valence-corrected chi connectivity index (χ0v) is 19.5. The number of pyridine rings is 1. The van der Waals surface area contributed by atoms with Gasteiger partial charge in [-0.1, -0.05) is 18.1 Å². The molecule has 0 aliphatic carbocycles. The molecule has 0 spiro atoms. The molecule has 0 amide bonds. The second kappa shape index (κ2) is 9.79. The van der Waals surface area contributed by atoms with Crippen molar-refractivity contribution in [2.45, 2.75) is 26.3 Å². The predicted octanol–water partition coefficient (Wildman–Crippen LogP) is 3.70.